The Labute approximate surface area is 89.7 Å². The third-order valence-electron chi connectivity index (χ3n) is 2.04. The third kappa shape index (κ3) is 1.38. The Bertz CT molecular complexity index is 562. The van der Waals surface area contributed by atoms with Crippen molar-refractivity contribution in [2.45, 2.75) is 6.92 Å². The van der Waals surface area contributed by atoms with Gasteiger partial charge >= 0.3 is 0 Å². The number of rotatable bonds is 0. The predicted molar refractivity (Wildman–Crippen MR) is 57.1 cm³/mol. The van der Waals surface area contributed by atoms with E-state index in [-0.39, 0.29) is 10.8 Å². The van der Waals surface area contributed by atoms with Crippen molar-refractivity contribution in [2.75, 3.05) is 0 Å². The molecule has 14 heavy (non-hydrogen) atoms. The standard InChI is InChI=1S/C9H6Cl2N2O/c1-4-6(10)3-2-5-7(4)12-9(11)13-8(5)14/h2-3H,1H3,(H,12,13,14). The molecule has 0 aliphatic rings. The van der Waals surface area contributed by atoms with Crippen LogP contribution in [-0.4, -0.2) is 9.97 Å². The average molecular weight is 229 g/mol. The van der Waals surface area contributed by atoms with Gasteiger partial charge in [0.05, 0.1) is 10.9 Å². The number of fused-ring (bicyclic) bond motifs is 1. The van der Waals surface area contributed by atoms with E-state index in [1.54, 1.807) is 19.1 Å². The van der Waals surface area contributed by atoms with E-state index in [1.807, 2.05) is 0 Å². The SMILES string of the molecule is Cc1c(Cl)ccc2c(=O)[nH]c(Cl)nc12. The molecule has 0 aliphatic carbocycles. The van der Waals surface area contributed by atoms with Gasteiger partial charge in [-0.3, -0.25) is 9.78 Å². The highest BCUT2D eigenvalue weighted by molar-refractivity contribution is 6.32. The summed E-state index contributed by atoms with van der Waals surface area (Å²) < 4.78 is 0. The molecule has 1 aromatic carbocycles. The molecular weight excluding hydrogens is 223 g/mol. The molecule has 0 saturated carbocycles. The molecule has 0 radical (unpaired) electrons. The minimum absolute atomic E-state index is 0.0767. The van der Waals surface area contributed by atoms with Gasteiger partial charge in [0.15, 0.2) is 0 Å². The molecule has 0 fully saturated rings. The van der Waals surface area contributed by atoms with Gasteiger partial charge in [-0.15, -0.1) is 0 Å². The number of H-pyrrole nitrogens is 1. The van der Waals surface area contributed by atoms with E-state index in [1.165, 1.54) is 0 Å². The molecule has 0 spiro atoms. The first-order valence-corrected chi connectivity index (χ1v) is 4.70. The zero-order chi connectivity index (χ0) is 10.3. The topological polar surface area (TPSA) is 45.8 Å². The summed E-state index contributed by atoms with van der Waals surface area (Å²) in [5.74, 6) is 0. The second-order valence-corrected chi connectivity index (χ2v) is 3.69. The Morgan fingerprint density at radius 2 is 2.07 bits per heavy atom. The molecule has 0 atom stereocenters. The Balaban J connectivity index is 3.03. The lowest BCUT2D eigenvalue weighted by molar-refractivity contribution is 1.16. The third-order valence-corrected chi connectivity index (χ3v) is 2.62. The first kappa shape index (κ1) is 9.49. The Morgan fingerprint density at radius 3 is 2.79 bits per heavy atom. The highest BCUT2D eigenvalue weighted by atomic mass is 35.5. The lowest BCUT2D eigenvalue weighted by Crippen LogP contribution is -2.08. The molecule has 3 nitrogen and oxygen atoms in total. The first-order valence-electron chi connectivity index (χ1n) is 3.94. The number of aryl methyl sites for hydroxylation is 1. The minimum atomic E-state index is -0.250. The highest BCUT2D eigenvalue weighted by Crippen LogP contribution is 2.21. The second kappa shape index (κ2) is 3.26. The van der Waals surface area contributed by atoms with E-state index in [0.29, 0.717) is 15.9 Å². The summed E-state index contributed by atoms with van der Waals surface area (Å²) in [5, 5.41) is 1.15. The number of aromatic nitrogens is 2. The number of hydrogen-bond donors (Lipinski definition) is 1. The number of hydrogen-bond acceptors (Lipinski definition) is 2. The summed E-state index contributed by atoms with van der Waals surface area (Å²) in [6, 6.07) is 3.30. The van der Waals surface area contributed by atoms with Gasteiger partial charge in [-0.25, -0.2) is 4.98 Å². The number of aromatic amines is 1. The van der Waals surface area contributed by atoms with E-state index in [0.717, 1.165) is 5.56 Å². The van der Waals surface area contributed by atoms with Crippen molar-refractivity contribution in [3.05, 3.63) is 38.4 Å². The van der Waals surface area contributed by atoms with E-state index in [9.17, 15) is 4.79 Å². The van der Waals surface area contributed by atoms with E-state index in [2.05, 4.69) is 9.97 Å². The molecule has 1 aromatic heterocycles. The van der Waals surface area contributed by atoms with Crippen LogP contribution in [0.2, 0.25) is 10.3 Å². The molecule has 0 saturated heterocycles. The monoisotopic (exact) mass is 228 g/mol. The van der Waals surface area contributed by atoms with Gasteiger partial charge in [0.2, 0.25) is 5.28 Å². The quantitative estimate of drug-likeness (QED) is 0.705. The second-order valence-electron chi connectivity index (χ2n) is 2.93. The number of nitrogens with one attached hydrogen (secondary N) is 1. The van der Waals surface area contributed by atoms with Crippen molar-refractivity contribution in [3.63, 3.8) is 0 Å². The van der Waals surface area contributed by atoms with Gasteiger partial charge in [0.25, 0.3) is 5.56 Å². The molecular formula is C9H6Cl2N2O. The number of halogens is 2. The Kier molecular flexibility index (Phi) is 2.21. The van der Waals surface area contributed by atoms with Crippen LogP contribution in [0.5, 0.6) is 0 Å². The summed E-state index contributed by atoms with van der Waals surface area (Å²) >= 11 is 11.5. The van der Waals surface area contributed by atoms with Crippen LogP contribution in [0.1, 0.15) is 5.56 Å². The summed E-state index contributed by atoms with van der Waals surface area (Å²) in [4.78, 5) is 17.9. The molecule has 0 unspecified atom stereocenters. The molecule has 5 heteroatoms. The maximum absolute atomic E-state index is 11.4. The van der Waals surface area contributed by atoms with Crippen LogP contribution in [-0.2, 0) is 0 Å². The van der Waals surface area contributed by atoms with Crippen LogP contribution in [0, 0.1) is 6.92 Å². The number of nitrogens with zero attached hydrogens (tertiary/aromatic N) is 1. The zero-order valence-electron chi connectivity index (χ0n) is 7.27. The van der Waals surface area contributed by atoms with Crippen LogP contribution >= 0.6 is 23.2 Å². The van der Waals surface area contributed by atoms with Crippen molar-refractivity contribution in [1.29, 1.82) is 0 Å². The predicted octanol–water partition coefficient (Wildman–Crippen LogP) is 2.54. The maximum atomic E-state index is 11.4. The van der Waals surface area contributed by atoms with Gasteiger partial charge in [-0.1, -0.05) is 11.6 Å². The van der Waals surface area contributed by atoms with Crippen molar-refractivity contribution in [3.8, 4) is 0 Å². The van der Waals surface area contributed by atoms with E-state index in [4.69, 9.17) is 23.2 Å². The fraction of sp³-hybridized carbons (Fsp3) is 0.111. The fourth-order valence-electron chi connectivity index (χ4n) is 1.29. The molecule has 1 N–H and O–H groups in total. The fourth-order valence-corrected chi connectivity index (χ4v) is 1.61. The molecule has 2 aromatic rings. The lowest BCUT2D eigenvalue weighted by atomic mass is 10.1. The van der Waals surface area contributed by atoms with Crippen LogP contribution in [0.25, 0.3) is 10.9 Å². The highest BCUT2D eigenvalue weighted by Gasteiger charge is 2.07. The van der Waals surface area contributed by atoms with Crippen molar-refractivity contribution in [2.24, 2.45) is 0 Å². The molecule has 72 valence electrons. The largest absolute Gasteiger partial charge is 0.297 e. The van der Waals surface area contributed by atoms with E-state index >= 15 is 0 Å². The molecule has 2 rings (SSSR count). The summed E-state index contributed by atoms with van der Waals surface area (Å²) in [6.07, 6.45) is 0. The molecule has 0 aliphatic heterocycles. The smallest absolute Gasteiger partial charge is 0.259 e. The van der Waals surface area contributed by atoms with Crippen LogP contribution in [0.4, 0.5) is 0 Å². The van der Waals surface area contributed by atoms with Gasteiger partial charge in [-0.05, 0) is 36.2 Å². The normalized spacial score (nSPS) is 10.8. The van der Waals surface area contributed by atoms with Crippen molar-refractivity contribution < 1.29 is 0 Å². The zero-order valence-corrected chi connectivity index (χ0v) is 8.78. The summed E-state index contributed by atoms with van der Waals surface area (Å²) in [7, 11) is 0. The molecule has 0 bridgehead atoms. The van der Waals surface area contributed by atoms with Gasteiger partial charge in [0, 0.05) is 5.02 Å². The first-order chi connectivity index (χ1) is 6.59. The van der Waals surface area contributed by atoms with E-state index < -0.39 is 0 Å². The van der Waals surface area contributed by atoms with Gasteiger partial charge in [-0.2, -0.15) is 0 Å². The summed E-state index contributed by atoms with van der Waals surface area (Å²) in [6.45, 7) is 1.80. The average Bonchev–Trinajstić information content (AvgIpc) is 2.12. The Hall–Kier alpha value is -1.06. The van der Waals surface area contributed by atoms with Gasteiger partial charge in [0.1, 0.15) is 0 Å². The summed E-state index contributed by atoms with van der Waals surface area (Å²) in [5.41, 5.74) is 1.06. The van der Waals surface area contributed by atoms with Crippen LogP contribution in [0.15, 0.2) is 16.9 Å². The molecule has 1 heterocycles. The maximum Gasteiger partial charge on any atom is 0.259 e. The minimum Gasteiger partial charge on any atom is -0.297 e. The lowest BCUT2D eigenvalue weighted by Gasteiger charge is -2.02. The van der Waals surface area contributed by atoms with Gasteiger partial charge < -0.3 is 0 Å². The van der Waals surface area contributed by atoms with Crippen molar-refractivity contribution in [1.82, 2.24) is 9.97 Å². The number of benzene rings is 1. The van der Waals surface area contributed by atoms with Crippen molar-refractivity contribution >= 4 is 34.1 Å². The van der Waals surface area contributed by atoms with Crippen LogP contribution < -0.4 is 5.56 Å². The Morgan fingerprint density at radius 1 is 1.36 bits per heavy atom. The van der Waals surface area contributed by atoms with Crippen LogP contribution in [0.3, 0.4) is 0 Å². The molecule has 0 amide bonds.